The van der Waals surface area contributed by atoms with Gasteiger partial charge >= 0.3 is 6.01 Å². The lowest BCUT2D eigenvalue weighted by Crippen LogP contribution is -2.40. The Morgan fingerprint density at radius 3 is 2.70 bits per heavy atom. The summed E-state index contributed by atoms with van der Waals surface area (Å²) in [4.78, 5) is 12.4. The quantitative estimate of drug-likeness (QED) is 0.741. The maximum Gasteiger partial charge on any atom is 0.322 e. The first-order valence-electron chi connectivity index (χ1n) is 8.49. The lowest BCUT2D eigenvalue weighted by molar-refractivity contribution is -0.125. The maximum atomic E-state index is 12.4. The number of anilines is 1. The van der Waals surface area contributed by atoms with Crippen molar-refractivity contribution in [3.8, 4) is 28.7 Å². The molecule has 0 bridgehead atoms. The van der Waals surface area contributed by atoms with Crippen molar-refractivity contribution in [3.05, 3.63) is 48.5 Å². The molecule has 0 fully saturated rings. The van der Waals surface area contributed by atoms with E-state index in [1.807, 2.05) is 31.2 Å². The van der Waals surface area contributed by atoms with Crippen LogP contribution in [0.15, 0.2) is 52.9 Å². The van der Waals surface area contributed by atoms with Crippen molar-refractivity contribution < 1.29 is 23.4 Å². The summed E-state index contributed by atoms with van der Waals surface area (Å²) in [6.07, 6.45) is -0.805. The van der Waals surface area contributed by atoms with E-state index >= 15 is 0 Å². The predicted molar refractivity (Wildman–Crippen MR) is 95.9 cm³/mol. The van der Waals surface area contributed by atoms with Crippen LogP contribution in [0.4, 0.5) is 6.01 Å². The lowest BCUT2D eigenvalue weighted by Gasteiger charge is -2.24. The number of aromatic nitrogens is 2. The van der Waals surface area contributed by atoms with Crippen molar-refractivity contribution in [2.45, 2.75) is 13.0 Å². The SMILES string of the molecule is CCOc1ccc(-c2nnc(NC(=O)[C@H]3COc4ccccc4O3)o2)cc1. The summed E-state index contributed by atoms with van der Waals surface area (Å²) < 4.78 is 22.1. The van der Waals surface area contributed by atoms with Crippen LogP contribution in [0.5, 0.6) is 17.2 Å². The molecule has 8 heteroatoms. The zero-order valence-corrected chi connectivity index (χ0v) is 14.5. The molecule has 27 heavy (non-hydrogen) atoms. The number of rotatable bonds is 5. The summed E-state index contributed by atoms with van der Waals surface area (Å²) in [5.74, 6) is 1.75. The highest BCUT2D eigenvalue weighted by molar-refractivity contribution is 5.93. The number of amides is 1. The maximum absolute atomic E-state index is 12.4. The van der Waals surface area contributed by atoms with Gasteiger partial charge in [-0.15, -0.1) is 5.10 Å². The van der Waals surface area contributed by atoms with Crippen LogP contribution in [0.2, 0.25) is 0 Å². The molecule has 2 heterocycles. The van der Waals surface area contributed by atoms with E-state index in [1.54, 1.807) is 24.3 Å². The van der Waals surface area contributed by atoms with E-state index in [0.717, 1.165) is 11.3 Å². The van der Waals surface area contributed by atoms with Crippen LogP contribution in [-0.4, -0.2) is 35.4 Å². The molecule has 1 aromatic heterocycles. The van der Waals surface area contributed by atoms with Gasteiger partial charge in [0.1, 0.15) is 12.4 Å². The topological polar surface area (TPSA) is 95.7 Å². The number of hydrogen-bond donors (Lipinski definition) is 1. The molecule has 138 valence electrons. The van der Waals surface area contributed by atoms with Crippen LogP contribution < -0.4 is 19.5 Å². The highest BCUT2D eigenvalue weighted by Gasteiger charge is 2.28. The third-order valence-electron chi connectivity index (χ3n) is 3.87. The Labute approximate surface area is 155 Å². The second-order valence-corrected chi connectivity index (χ2v) is 5.72. The van der Waals surface area contributed by atoms with Crippen molar-refractivity contribution in [1.29, 1.82) is 0 Å². The fourth-order valence-corrected chi connectivity index (χ4v) is 2.59. The van der Waals surface area contributed by atoms with E-state index in [-0.39, 0.29) is 12.6 Å². The number of ether oxygens (including phenoxy) is 3. The number of carbonyl (C=O) groups excluding carboxylic acids is 1. The van der Waals surface area contributed by atoms with Crippen LogP contribution in [0.3, 0.4) is 0 Å². The van der Waals surface area contributed by atoms with Crippen LogP contribution in [0.1, 0.15) is 6.92 Å². The van der Waals surface area contributed by atoms with E-state index in [9.17, 15) is 4.79 Å². The van der Waals surface area contributed by atoms with E-state index in [2.05, 4.69) is 15.5 Å². The van der Waals surface area contributed by atoms with Gasteiger partial charge in [-0.05, 0) is 43.3 Å². The average molecular weight is 367 g/mol. The molecule has 1 atom stereocenters. The zero-order chi connectivity index (χ0) is 18.6. The Hall–Kier alpha value is -3.55. The Bertz CT molecular complexity index is 939. The van der Waals surface area contributed by atoms with Gasteiger partial charge in [-0.2, -0.15) is 0 Å². The van der Waals surface area contributed by atoms with Crippen molar-refractivity contribution in [1.82, 2.24) is 10.2 Å². The lowest BCUT2D eigenvalue weighted by atomic mass is 10.2. The molecular weight excluding hydrogens is 350 g/mol. The molecule has 0 spiro atoms. The normalized spacial score (nSPS) is 15.2. The molecule has 2 aromatic carbocycles. The van der Waals surface area contributed by atoms with Gasteiger partial charge in [-0.3, -0.25) is 10.1 Å². The highest BCUT2D eigenvalue weighted by Crippen LogP contribution is 2.31. The monoisotopic (exact) mass is 367 g/mol. The first kappa shape index (κ1) is 16.9. The Kier molecular flexibility index (Phi) is 4.61. The van der Waals surface area contributed by atoms with Gasteiger partial charge in [-0.1, -0.05) is 17.2 Å². The van der Waals surface area contributed by atoms with Crippen molar-refractivity contribution in [3.63, 3.8) is 0 Å². The molecule has 0 unspecified atom stereocenters. The zero-order valence-electron chi connectivity index (χ0n) is 14.5. The van der Waals surface area contributed by atoms with Crippen molar-refractivity contribution in [2.24, 2.45) is 0 Å². The number of hydrogen-bond acceptors (Lipinski definition) is 7. The molecule has 3 aromatic rings. The Morgan fingerprint density at radius 2 is 1.93 bits per heavy atom. The van der Waals surface area contributed by atoms with Crippen LogP contribution in [0.25, 0.3) is 11.5 Å². The van der Waals surface area contributed by atoms with E-state index in [4.69, 9.17) is 18.6 Å². The number of fused-ring (bicyclic) bond motifs is 1. The molecule has 0 aliphatic carbocycles. The fourth-order valence-electron chi connectivity index (χ4n) is 2.59. The van der Waals surface area contributed by atoms with Crippen molar-refractivity contribution >= 4 is 11.9 Å². The number of nitrogens with one attached hydrogen (secondary N) is 1. The number of carbonyl (C=O) groups is 1. The fraction of sp³-hybridized carbons (Fsp3) is 0.211. The molecule has 1 aliphatic rings. The average Bonchev–Trinajstić information content (AvgIpc) is 3.17. The molecule has 4 rings (SSSR count). The molecule has 0 saturated carbocycles. The Morgan fingerprint density at radius 1 is 1.15 bits per heavy atom. The summed E-state index contributed by atoms with van der Waals surface area (Å²) in [6.45, 7) is 2.61. The summed E-state index contributed by atoms with van der Waals surface area (Å²) >= 11 is 0. The number of benzene rings is 2. The second kappa shape index (κ2) is 7.36. The molecular formula is C19H17N3O5. The minimum Gasteiger partial charge on any atom is -0.494 e. The van der Waals surface area contributed by atoms with Crippen molar-refractivity contribution in [2.75, 3.05) is 18.5 Å². The third kappa shape index (κ3) is 3.69. The smallest absolute Gasteiger partial charge is 0.322 e. The minimum atomic E-state index is -0.805. The van der Waals surface area contributed by atoms with Gasteiger partial charge in [0.05, 0.1) is 6.61 Å². The molecule has 1 aliphatic heterocycles. The molecule has 1 N–H and O–H groups in total. The van der Waals surface area contributed by atoms with Crippen LogP contribution >= 0.6 is 0 Å². The summed E-state index contributed by atoms with van der Waals surface area (Å²) in [5.41, 5.74) is 0.720. The first-order valence-corrected chi connectivity index (χ1v) is 8.49. The minimum absolute atomic E-state index is 0.00802. The summed E-state index contributed by atoms with van der Waals surface area (Å²) in [7, 11) is 0. The largest absolute Gasteiger partial charge is 0.494 e. The van der Waals surface area contributed by atoms with Gasteiger partial charge in [0, 0.05) is 5.56 Å². The highest BCUT2D eigenvalue weighted by atomic mass is 16.6. The summed E-state index contributed by atoms with van der Waals surface area (Å²) in [5, 5.41) is 10.4. The van der Waals surface area contributed by atoms with Gasteiger partial charge in [0.15, 0.2) is 11.5 Å². The first-order chi connectivity index (χ1) is 13.2. The van der Waals surface area contributed by atoms with E-state index in [0.29, 0.717) is 24.0 Å². The third-order valence-corrected chi connectivity index (χ3v) is 3.87. The number of para-hydroxylation sites is 2. The van der Waals surface area contributed by atoms with E-state index in [1.165, 1.54) is 0 Å². The molecule has 8 nitrogen and oxygen atoms in total. The van der Waals surface area contributed by atoms with Gasteiger partial charge in [-0.25, -0.2) is 0 Å². The van der Waals surface area contributed by atoms with Crippen LogP contribution in [0, 0.1) is 0 Å². The standard InChI is InChI=1S/C19H17N3O5/c1-2-24-13-9-7-12(8-10-13)18-21-22-19(27-18)20-17(23)16-11-25-14-5-3-4-6-15(14)26-16/h3-10,16H,2,11H2,1H3,(H,20,22,23)/t16-/m1/s1. The molecule has 1 amide bonds. The number of nitrogens with zero attached hydrogens (tertiary/aromatic N) is 2. The predicted octanol–water partition coefficient (Wildman–Crippen LogP) is 2.91. The molecule has 0 saturated heterocycles. The van der Waals surface area contributed by atoms with Gasteiger partial charge in [0.25, 0.3) is 5.91 Å². The summed E-state index contributed by atoms with van der Waals surface area (Å²) in [6, 6.07) is 14.4. The van der Waals surface area contributed by atoms with Gasteiger partial charge in [0.2, 0.25) is 12.0 Å². The van der Waals surface area contributed by atoms with Crippen LogP contribution in [-0.2, 0) is 4.79 Å². The van der Waals surface area contributed by atoms with E-state index < -0.39 is 12.0 Å². The Balaban J connectivity index is 1.41. The van der Waals surface area contributed by atoms with Gasteiger partial charge < -0.3 is 18.6 Å². The molecule has 0 radical (unpaired) electrons. The second-order valence-electron chi connectivity index (χ2n) is 5.72.